The molecule has 2 N–H and O–H groups in total. The van der Waals surface area contributed by atoms with Crippen LogP contribution in [-0.4, -0.2) is 40.5 Å². The summed E-state index contributed by atoms with van der Waals surface area (Å²) in [5.74, 6) is 0.904. The summed E-state index contributed by atoms with van der Waals surface area (Å²) >= 11 is 6.90. The first kappa shape index (κ1) is 22.4. The fourth-order valence-electron chi connectivity index (χ4n) is 5.12. The van der Waals surface area contributed by atoms with Crippen LogP contribution in [0, 0.1) is 0 Å². The number of aliphatic imine (C=N–C) groups is 1. The Morgan fingerprint density at radius 2 is 2.06 bits per heavy atom. The summed E-state index contributed by atoms with van der Waals surface area (Å²) in [6.07, 6.45) is 7.00. The molecule has 7 heteroatoms. The summed E-state index contributed by atoms with van der Waals surface area (Å²) in [5.41, 5.74) is 9.71. The highest BCUT2D eigenvalue weighted by Gasteiger charge is 2.42. The first-order chi connectivity index (χ1) is 15.8. The molecule has 0 radical (unpaired) electrons. The third kappa shape index (κ3) is 4.51. The molecule has 1 aromatic carbocycles. The van der Waals surface area contributed by atoms with Crippen molar-refractivity contribution in [2.75, 3.05) is 6.61 Å². The van der Waals surface area contributed by atoms with Gasteiger partial charge in [0.2, 0.25) is 5.91 Å². The van der Waals surface area contributed by atoms with Crippen LogP contribution in [-0.2, 0) is 21.5 Å². The number of halogens is 1. The summed E-state index contributed by atoms with van der Waals surface area (Å²) in [6, 6.07) is 10.3. The second-order valence-electron chi connectivity index (χ2n) is 9.87. The van der Waals surface area contributed by atoms with Gasteiger partial charge in [-0.1, -0.05) is 35.9 Å². The van der Waals surface area contributed by atoms with E-state index in [1.54, 1.807) is 4.90 Å². The Labute approximate surface area is 200 Å². The van der Waals surface area contributed by atoms with E-state index in [0.29, 0.717) is 24.0 Å². The van der Waals surface area contributed by atoms with Crippen LogP contribution in [0.25, 0.3) is 0 Å². The molecule has 1 saturated heterocycles. The van der Waals surface area contributed by atoms with E-state index < -0.39 is 5.54 Å². The fraction of sp³-hybridized carbons (Fsp3) is 0.500. The number of amides is 1. The standard InChI is InChI=1S/C26H31ClN4O2/c1-16-12-20(10-11-33-16)31-23(32)14-26(2,30-25(31)28)21-5-3-4-19(24(21)27)13-17-6-9-22(29-15-17)18-7-8-18/h3-6,9,15-16,18,20H,7-8,10-14H2,1-2H3,(H2,28,30)/t16-,20-,26+/m1/s1. The quantitative estimate of drug-likeness (QED) is 0.701. The molecule has 3 atom stereocenters. The normalized spacial score (nSPS) is 28.0. The lowest BCUT2D eigenvalue weighted by atomic mass is 9.85. The number of rotatable bonds is 5. The van der Waals surface area contributed by atoms with E-state index in [2.05, 4.69) is 17.1 Å². The summed E-state index contributed by atoms with van der Waals surface area (Å²) < 4.78 is 5.64. The molecule has 2 fully saturated rings. The van der Waals surface area contributed by atoms with Gasteiger partial charge in [-0.05, 0) is 62.3 Å². The molecule has 1 amide bonds. The highest BCUT2D eigenvalue weighted by Crippen LogP contribution is 2.41. The number of ether oxygens (including phenoxy) is 1. The van der Waals surface area contributed by atoms with Gasteiger partial charge < -0.3 is 10.5 Å². The van der Waals surface area contributed by atoms with E-state index in [9.17, 15) is 4.79 Å². The summed E-state index contributed by atoms with van der Waals surface area (Å²) in [6.45, 7) is 4.60. The maximum Gasteiger partial charge on any atom is 0.232 e. The molecule has 1 saturated carbocycles. The number of hydrogen-bond donors (Lipinski definition) is 1. The predicted molar refractivity (Wildman–Crippen MR) is 129 cm³/mol. The minimum Gasteiger partial charge on any atom is -0.378 e. The van der Waals surface area contributed by atoms with Gasteiger partial charge in [-0.25, -0.2) is 4.99 Å². The first-order valence-corrected chi connectivity index (χ1v) is 12.2. The predicted octanol–water partition coefficient (Wildman–Crippen LogP) is 4.53. The van der Waals surface area contributed by atoms with Gasteiger partial charge in [0.05, 0.1) is 18.1 Å². The van der Waals surface area contributed by atoms with Gasteiger partial charge in [-0.3, -0.25) is 14.7 Å². The highest BCUT2D eigenvalue weighted by molar-refractivity contribution is 6.32. The molecular weight excluding hydrogens is 436 g/mol. The van der Waals surface area contributed by atoms with Crippen molar-refractivity contribution in [1.82, 2.24) is 9.88 Å². The van der Waals surface area contributed by atoms with Crippen LogP contribution in [0.1, 0.15) is 74.3 Å². The minimum atomic E-state index is -0.796. The monoisotopic (exact) mass is 466 g/mol. The van der Waals surface area contributed by atoms with E-state index >= 15 is 0 Å². The van der Waals surface area contributed by atoms with E-state index in [-0.39, 0.29) is 30.4 Å². The molecule has 0 bridgehead atoms. The number of pyridine rings is 1. The number of hydrogen-bond acceptors (Lipinski definition) is 5. The molecule has 1 aliphatic carbocycles. The Morgan fingerprint density at radius 1 is 1.24 bits per heavy atom. The molecule has 174 valence electrons. The van der Waals surface area contributed by atoms with Crippen LogP contribution in [0.3, 0.4) is 0 Å². The van der Waals surface area contributed by atoms with Crippen LogP contribution in [0.4, 0.5) is 0 Å². The third-order valence-corrected chi connectivity index (χ3v) is 7.54. The zero-order chi connectivity index (χ0) is 23.2. The highest BCUT2D eigenvalue weighted by atomic mass is 35.5. The zero-order valence-electron chi connectivity index (χ0n) is 19.3. The van der Waals surface area contributed by atoms with E-state index in [1.165, 1.54) is 18.5 Å². The summed E-state index contributed by atoms with van der Waals surface area (Å²) in [4.78, 5) is 24.4. The molecule has 2 aliphatic heterocycles. The van der Waals surface area contributed by atoms with Gasteiger partial charge in [0, 0.05) is 41.9 Å². The van der Waals surface area contributed by atoms with Gasteiger partial charge in [0.25, 0.3) is 0 Å². The van der Waals surface area contributed by atoms with Crippen LogP contribution in [0.2, 0.25) is 5.02 Å². The second-order valence-corrected chi connectivity index (χ2v) is 10.2. The zero-order valence-corrected chi connectivity index (χ0v) is 20.0. The number of carbonyl (C=O) groups excluding carboxylic acids is 1. The molecule has 3 heterocycles. The van der Waals surface area contributed by atoms with Crippen molar-refractivity contribution >= 4 is 23.5 Å². The Hall–Kier alpha value is -2.44. The maximum absolute atomic E-state index is 13.3. The average molecular weight is 467 g/mol. The van der Waals surface area contributed by atoms with Crippen molar-refractivity contribution in [3.8, 4) is 0 Å². The average Bonchev–Trinajstić information content (AvgIpc) is 3.60. The van der Waals surface area contributed by atoms with Crippen molar-refractivity contribution in [2.24, 2.45) is 10.7 Å². The molecule has 0 spiro atoms. The molecular formula is C26H31ClN4O2. The van der Waals surface area contributed by atoms with Crippen molar-refractivity contribution in [1.29, 1.82) is 0 Å². The topological polar surface area (TPSA) is 80.8 Å². The molecule has 5 rings (SSSR count). The van der Waals surface area contributed by atoms with E-state index in [0.717, 1.165) is 29.5 Å². The lowest BCUT2D eigenvalue weighted by Crippen LogP contribution is -2.56. The van der Waals surface area contributed by atoms with Crippen molar-refractivity contribution in [3.05, 3.63) is 63.9 Å². The molecule has 6 nitrogen and oxygen atoms in total. The third-order valence-electron chi connectivity index (χ3n) is 7.09. The second kappa shape index (κ2) is 8.73. The van der Waals surface area contributed by atoms with E-state index in [4.69, 9.17) is 27.1 Å². The van der Waals surface area contributed by atoms with Gasteiger partial charge >= 0.3 is 0 Å². The Bertz CT molecular complexity index is 1080. The molecule has 0 unspecified atom stereocenters. The number of benzene rings is 1. The Kier molecular flexibility index (Phi) is 5.91. The number of guanidine groups is 1. The number of nitrogens with two attached hydrogens (primary N) is 1. The van der Waals surface area contributed by atoms with Gasteiger partial charge in [0.15, 0.2) is 5.96 Å². The molecule has 33 heavy (non-hydrogen) atoms. The summed E-state index contributed by atoms with van der Waals surface area (Å²) in [7, 11) is 0. The van der Waals surface area contributed by atoms with Crippen molar-refractivity contribution in [3.63, 3.8) is 0 Å². The number of carbonyl (C=O) groups is 1. The van der Waals surface area contributed by atoms with Crippen LogP contribution >= 0.6 is 11.6 Å². The lowest BCUT2D eigenvalue weighted by molar-refractivity contribution is -0.133. The smallest absolute Gasteiger partial charge is 0.232 e. The molecule has 1 aromatic heterocycles. The molecule has 3 aliphatic rings. The largest absolute Gasteiger partial charge is 0.378 e. The van der Waals surface area contributed by atoms with Crippen LogP contribution in [0.5, 0.6) is 0 Å². The Morgan fingerprint density at radius 3 is 2.73 bits per heavy atom. The van der Waals surface area contributed by atoms with Crippen LogP contribution in [0.15, 0.2) is 41.5 Å². The first-order valence-electron chi connectivity index (χ1n) is 11.9. The maximum atomic E-state index is 13.3. The molecule has 2 aromatic rings. The Balaban J connectivity index is 1.40. The van der Waals surface area contributed by atoms with Gasteiger partial charge in [0.1, 0.15) is 0 Å². The summed E-state index contributed by atoms with van der Waals surface area (Å²) in [5, 5.41) is 0.642. The SMILES string of the molecule is C[C@@H]1C[C@H](N2C(=O)C[C@@](C)(c3cccc(Cc4ccc(C5CC5)nc4)c3Cl)N=C2N)CCO1. The van der Waals surface area contributed by atoms with Gasteiger partial charge in [-0.2, -0.15) is 0 Å². The van der Waals surface area contributed by atoms with Gasteiger partial charge in [-0.15, -0.1) is 0 Å². The lowest BCUT2D eigenvalue weighted by Gasteiger charge is -2.41. The number of nitrogens with zero attached hydrogens (tertiary/aromatic N) is 3. The number of aromatic nitrogens is 1. The van der Waals surface area contributed by atoms with E-state index in [1.807, 2.05) is 38.2 Å². The van der Waals surface area contributed by atoms with Crippen molar-refractivity contribution in [2.45, 2.75) is 76.0 Å². The van der Waals surface area contributed by atoms with Crippen LogP contribution < -0.4 is 5.73 Å². The van der Waals surface area contributed by atoms with Crippen molar-refractivity contribution < 1.29 is 9.53 Å². The minimum absolute atomic E-state index is 0.00886. The fourth-order valence-corrected chi connectivity index (χ4v) is 5.52.